The highest BCUT2D eigenvalue weighted by Gasteiger charge is 2.16. The van der Waals surface area contributed by atoms with Gasteiger partial charge in [-0.1, -0.05) is 11.6 Å². The fourth-order valence-corrected chi connectivity index (χ4v) is 3.38. The maximum Gasteiger partial charge on any atom is 0.262 e. The highest BCUT2D eigenvalue weighted by atomic mass is 35.5. The van der Waals surface area contributed by atoms with Crippen LogP contribution < -0.4 is 10.9 Å². The molecular weight excluding hydrogens is 368 g/mol. The van der Waals surface area contributed by atoms with Gasteiger partial charge < -0.3 is 9.55 Å². The Balaban J connectivity index is 1.64. The Kier molecular flexibility index (Phi) is 4.41. The molecule has 0 saturated carbocycles. The van der Waals surface area contributed by atoms with Gasteiger partial charge in [-0.15, -0.1) is 0 Å². The Morgan fingerprint density at radius 1 is 1.37 bits per heavy atom. The van der Waals surface area contributed by atoms with E-state index in [1.165, 1.54) is 0 Å². The third kappa shape index (κ3) is 3.19. The second kappa shape index (κ2) is 6.88. The average molecular weight is 385 g/mol. The first-order valence-electron chi connectivity index (χ1n) is 8.50. The molecule has 0 saturated heterocycles. The molecule has 0 atom stereocenters. The van der Waals surface area contributed by atoms with Gasteiger partial charge in [0.2, 0.25) is 11.9 Å². The van der Waals surface area contributed by atoms with Gasteiger partial charge in [-0.25, -0.2) is 4.98 Å². The summed E-state index contributed by atoms with van der Waals surface area (Å²) in [5, 5.41) is 11.7. The monoisotopic (exact) mass is 384 g/mol. The highest BCUT2D eigenvalue weighted by molar-refractivity contribution is 6.31. The highest BCUT2D eigenvalue weighted by Crippen LogP contribution is 2.26. The molecule has 0 fully saturated rings. The number of fused-ring (bicyclic) bond motifs is 3. The fourth-order valence-electron chi connectivity index (χ4n) is 3.21. The Bertz CT molecular complexity index is 1190. The molecule has 9 heteroatoms. The first kappa shape index (κ1) is 17.3. The van der Waals surface area contributed by atoms with Crippen LogP contribution in [0.25, 0.3) is 21.8 Å². The molecule has 0 spiro atoms. The Hall–Kier alpha value is -3.13. The van der Waals surface area contributed by atoms with Crippen LogP contribution in [0.2, 0.25) is 5.02 Å². The number of aryl methyl sites for hydroxylation is 2. The van der Waals surface area contributed by atoms with Crippen molar-refractivity contribution in [2.45, 2.75) is 26.3 Å². The molecular formula is C18H17ClN6O2. The molecule has 1 amide bonds. The molecule has 0 aliphatic rings. The molecule has 8 nitrogen and oxygen atoms in total. The van der Waals surface area contributed by atoms with E-state index in [0.717, 1.165) is 10.9 Å². The standard InChI is InChI=1S/C18H17ClN6O2/c1-10-15-16(24-23-10)12-9-11(19)4-5-13(12)25(17(15)27)8-2-3-14(26)22-18-20-6-7-21-18/h4-7,9H,2-3,8H2,1H3,(H,23,24)(H2,20,21,22,26). The summed E-state index contributed by atoms with van der Waals surface area (Å²) in [7, 11) is 0. The van der Waals surface area contributed by atoms with Crippen LogP contribution >= 0.6 is 11.6 Å². The number of carbonyl (C=O) groups is 1. The fraction of sp³-hybridized carbons (Fsp3) is 0.222. The summed E-state index contributed by atoms with van der Waals surface area (Å²) < 4.78 is 1.68. The third-order valence-electron chi connectivity index (χ3n) is 4.45. The molecule has 0 aliphatic carbocycles. The zero-order chi connectivity index (χ0) is 19.0. The minimum atomic E-state index is -0.161. The Labute approximate surface area is 158 Å². The van der Waals surface area contributed by atoms with Crippen molar-refractivity contribution in [3.05, 3.63) is 51.7 Å². The molecule has 0 radical (unpaired) electrons. The topological polar surface area (TPSA) is 108 Å². The number of halogens is 1. The van der Waals surface area contributed by atoms with E-state index in [9.17, 15) is 9.59 Å². The van der Waals surface area contributed by atoms with Gasteiger partial charge in [-0.2, -0.15) is 5.10 Å². The lowest BCUT2D eigenvalue weighted by atomic mass is 10.1. The van der Waals surface area contributed by atoms with Crippen molar-refractivity contribution in [2.24, 2.45) is 0 Å². The number of H-pyrrole nitrogens is 2. The minimum absolute atomic E-state index is 0.127. The number of aromatic amines is 2. The number of benzene rings is 1. The van der Waals surface area contributed by atoms with Crippen molar-refractivity contribution in [3.63, 3.8) is 0 Å². The summed E-state index contributed by atoms with van der Waals surface area (Å²) in [6.45, 7) is 2.22. The predicted octanol–water partition coefficient (Wildman–Crippen LogP) is 2.98. The van der Waals surface area contributed by atoms with Crippen LogP contribution in [-0.4, -0.2) is 30.6 Å². The summed E-state index contributed by atoms with van der Waals surface area (Å²) in [6.07, 6.45) is 3.97. The number of pyridine rings is 1. The lowest BCUT2D eigenvalue weighted by Crippen LogP contribution is -2.22. The lowest BCUT2D eigenvalue weighted by Gasteiger charge is -2.11. The van der Waals surface area contributed by atoms with Crippen molar-refractivity contribution >= 4 is 45.3 Å². The van der Waals surface area contributed by atoms with Gasteiger partial charge in [0, 0.05) is 41.5 Å². The molecule has 3 N–H and O–H groups in total. The number of aromatic nitrogens is 5. The van der Waals surface area contributed by atoms with E-state index >= 15 is 0 Å². The minimum Gasteiger partial charge on any atom is -0.331 e. The first-order chi connectivity index (χ1) is 13.0. The zero-order valence-electron chi connectivity index (χ0n) is 14.5. The summed E-state index contributed by atoms with van der Waals surface area (Å²) in [4.78, 5) is 31.8. The molecule has 0 unspecified atom stereocenters. The van der Waals surface area contributed by atoms with E-state index in [1.54, 1.807) is 29.1 Å². The third-order valence-corrected chi connectivity index (χ3v) is 4.69. The van der Waals surface area contributed by atoms with Crippen molar-refractivity contribution in [1.82, 2.24) is 24.7 Å². The lowest BCUT2D eigenvalue weighted by molar-refractivity contribution is -0.116. The number of imidazole rings is 1. The maximum absolute atomic E-state index is 13.0. The summed E-state index contributed by atoms with van der Waals surface area (Å²) in [6, 6.07) is 5.36. The van der Waals surface area contributed by atoms with Crippen LogP contribution in [0.4, 0.5) is 5.95 Å². The molecule has 3 heterocycles. The zero-order valence-corrected chi connectivity index (χ0v) is 15.3. The van der Waals surface area contributed by atoms with E-state index in [4.69, 9.17) is 11.6 Å². The number of hydrogen-bond donors (Lipinski definition) is 3. The van der Waals surface area contributed by atoms with E-state index in [2.05, 4.69) is 25.5 Å². The van der Waals surface area contributed by atoms with Gasteiger partial charge in [0.15, 0.2) is 0 Å². The van der Waals surface area contributed by atoms with Gasteiger partial charge in [0.05, 0.1) is 10.9 Å². The number of amides is 1. The van der Waals surface area contributed by atoms with Gasteiger partial charge in [-0.3, -0.25) is 20.0 Å². The number of rotatable bonds is 5. The number of carbonyl (C=O) groups excluding carboxylic acids is 1. The number of anilines is 1. The van der Waals surface area contributed by atoms with Crippen molar-refractivity contribution in [2.75, 3.05) is 5.32 Å². The van der Waals surface area contributed by atoms with E-state index in [0.29, 0.717) is 40.5 Å². The smallest absolute Gasteiger partial charge is 0.262 e. The molecule has 27 heavy (non-hydrogen) atoms. The first-order valence-corrected chi connectivity index (χ1v) is 8.88. The molecule has 4 rings (SSSR count). The van der Waals surface area contributed by atoms with Crippen LogP contribution in [0.15, 0.2) is 35.4 Å². The Morgan fingerprint density at radius 2 is 2.22 bits per heavy atom. The quantitative estimate of drug-likeness (QED) is 0.491. The van der Waals surface area contributed by atoms with E-state index in [1.807, 2.05) is 13.0 Å². The van der Waals surface area contributed by atoms with Crippen LogP contribution in [0.3, 0.4) is 0 Å². The normalized spacial score (nSPS) is 11.3. The molecule has 0 aliphatic heterocycles. The predicted molar refractivity (Wildman–Crippen MR) is 104 cm³/mol. The SMILES string of the molecule is Cc1[nH]nc2c1c(=O)n(CCCC(=O)Nc1ncc[nH]1)c1ccc(Cl)cc21. The molecule has 1 aromatic carbocycles. The van der Waals surface area contributed by atoms with Gasteiger partial charge in [0.25, 0.3) is 5.56 Å². The number of hydrogen-bond acceptors (Lipinski definition) is 4. The van der Waals surface area contributed by atoms with Crippen LogP contribution in [0.5, 0.6) is 0 Å². The summed E-state index contributed by atoms with van der Waals surface area (Å²) in [5.41, 5.74) is 1.94. The number of nitrogens with zero attached hydrogens (tertiary/aromatic N) is 3. The van der Waals surface area contributed by atoms with Crippen LogP contribution in [-0.2, 0) is 11.3 Å². The largest absolute Gasteiger partial charge is 0.331 e. The van der Waals surface area contributed by atoms with E-state index in [-0.39, 0.29) is 17.9 Å². The van der Waals surface area contributed by atoms with Gasteiger partial charge in [-0.05, 0) is 31.5 Å². The second-order valence-electron chi connectivity index (χ2n) is 6.28. The maximum atomic E-state index is 13.0. The van der Waals surface area contributed by atoms with Gasteiger partial charge in [0.1, 0.15) is 5.52 Å². The number of nitrogens with one attached hydrogen (secondary N) is 3. The summed E-state index contributed by atoms with van der Waals surface area (Å²) >= 11 is 6.14. The summed E-state index contributed by atoms with van der Waals surface area (Å²) in [5.74, 6) is 0.249. The van der Waals surface area contributed by atoms with Crippen LogP contribution in [0.1, 0.15) is 18.5 Å². The van der Waals surface area contributed by atoms with E-state index < -0.39 is 0 Å². The molecule has 0 bridgehead atoms. The molecule has 4 aromatic rings. The van der Waals surface area contributed by atoms with Crippen molar-refractivity contribution in [1.29, 1.82) is 0 Å². The Morgan fingerprint density at radius 3 is 3.00 bits per heavy atom. The molecule has 3 aromatic heterocycles. The van der Waals surface area contributed by atoms with Gasteiger partial charge >= 0.3 is 0 Å². The average Bonchev–Trinajstić information content (AvgIpc) is 3.28. The van der Waals surface area contributed by atoms with Crippen molar-refractivity contribution < 1.29 is 4.79 Å². The molecule has 138 valence electrons. The van der Waals surface area contributed by atoms with Crippen molar-refractivity contribution in [3.8, 4) is 0 Å². The van der Waals surface area contributed by atoms with Crippen LogP contribution in [0, 0.1) is 6.92 Å². The second-order valence-corrected chi connectivity index (χ2v) is 6.72.